The lowest BCUT2D eigenvalue weighted by atomic mass is 10.1. The maximum atomic E-state index is 10.8. The maximum absolute atomic E-state index is 10.8. The summed E-state index contributed by atoms with van der Waals surface area (Å²) in [5.74, 6) is 0.304. The van der Waals surface area contributed by atoms with Gasteiger partial charge in [-0.1, -0.05) is 0 Å². The van der Waals surface area contributed by atoms with E-state index in [2.05, 4.69) is 18.7 Å². The molecule has 3 heteroatoms. The van der Waals surface area contributed by atoms with Gasteiger partial charge in [0.05, 0.1) is 12.2 Å². The highest BCUT2D eigenvalue weighted by Gasteiger charge is 2.21. The Morgan fingerprint density at radius 1 is 1.27 bits per heavy atom. The Hall–Kier alpha value is -0.410. The molecule has 0 aromatic rings. The largest absolute Gasteiger partial charge is 0.373 e. The van der Waals surface area contributed by atoms with Gasteiger partial charge in [-0.05, 0) is 40.2 Å². The first-order valence-corrected chi connectivity index (χ1v) is 5.95. The molecule has 0 aliphatic carbocycles. The van der Waals surface area contributed by atoms with Crippen LogP contribution in [0.1, 0.15) is 40.0 Å². The monoisotopic (exact) mass is 213 g/mol. The Balaban J connectivity index is 2.12. The summed E-state index contributed by atoms with van der Waals surface area (Å²) in [4.78, 5) is 13.2. The Morgan fingerprint density at radius 3 is 2.40 bits per heavy atom. The van der Waals surface area contributed by atoms with Crippen LogP contribution in [0.2, 0.25) is 0 Å². The molecule has 1 aliphatic heterocycles. The first-order valence-electron chi connectivity index (χ1n) is 5.95. The SMILES string of the molecule is CC(=O)CCCCN1CC(C)OC(C)C1. The van der Waals surface area contributed by atoms with Crippen molar-refractivity contribution in [2.24, 2.45) is 0 Å². The number of hydrogen-bond donors (Lipinski definition) is 0. The van der Waals surface area contributed by atoms with E-state index in [4.69, 9.17) is 4.74 Å². The molecule has 1 heterocycles. The second kappa shape index (κ2) is 6.23. The van der Waals surface area contributed by atoms with E-state index in [0.717, 1.165) is 38.9 Å². The van der Waals surface area contributed by atoms with Crippen LogP contribution in [0.15, 0.2) is 0 Å². The zero-order valence-corrected chi connectivity index (χ0v) is 10.2. The molecular weight excluding hydrogens is 190 g/mol. The van der Waals surface area contributed by atoms with Crippen LogP contribution in [0.5, 0.6) is 0 Å². The molecule has 1 aliphatic rings. The van der Waals surface area contributed by atoms with E-state index in [9.17, 15) is 4.79 Å². The third-order valence-electron chi connectivity index (χ3n) is 2.75. The molecule has 0 N–H and O–H groups in total. The van der Waals surface area contributed by atoms with Gasteiger partial charge in [0, 0.05) is 19.5 Å². The standard InChI is InChI=1S/C12H23NO2/c1-10(14)6-4-5-7-13-8-11(2)15-12(3)9-13/h11-12H,4-9H2,1-3H3. The summed E-state index contributed by atoms with van der Waals surface area (Å²) in [6, 6.07) is 0. The summed E-state index contributed by atoms with van der Waals surface area (Å²) in [6.45, 7) is 9.08. The summed E-state index contributed by atoms with van der Waals surface area (Å²) in [5, 5.41) is 0. The molecule has 0 bridgehead atoms. The van der Waals surface area contributed by atoms with E-state index in [0.29, 0.717) is 18.0 Å². The molecule has 0 aromatic heterocycles. The third-order valence-corrected chi connectivity index (χ3v) is 2.75. The van der Waals surface area contributed by atoms with Crippen LogP contribution in [-0.4, -0.2) is 42.5 Å². The Labute approximate surface area is 92.8 Å². The Kier molecular flexibility index (Phi) is 5.26. The average molecular weight is 213 g/mol. The van der Waals surface area contributed by atoms with E-state index in [1.54, 1.807) is 6.92 Å². The second-order valence-electron chi connectivity index (χ2n) is 4.68. The molecule has 1 rings (SSSR count). The highest BCUT2D eigenvalue weighted by Crippen LogP contribution is 2.11. The first-order chi connectivity index (χ1) is 7.08. The van der Waals surface area contributed by atoms with Gasteiger partial charge >= 0.3 is 0 Å². The van der Waals surface area contributed by atoms with Gasteiger partial charge in [-0.25, -0.2) is 0 Å². The van der Waals surface area contributed by atoms with Gasteiger partial charge in [-0.3, -0.25) is 4.90 Å². The number of ketones is 1. The molecule has 1 fully saturated rings. The van der Waals surface area contributed by atoms with Crippen LogP contribution in [0, 0.1) is 0 Å². The number of nitrogens with zero attached hydrogens (tertiary/aromatic N) is 1. The molecule has 0 amide bonds. The van der Waals surface area contributed by atoms with Gasteiger partial charge in [0.2, 0.25) is 0 Å². The number of carbonyl (C=O) groups excluding carboxylic acids is 1. The van der Waals surface area contributed by atoms with Gasteiger partial charge in [0.1, 0.15) is 5.78 Å². The lowest BCUT2D eigenvalue weighted by molar-refractivity contribution is -0.117. The predicted octanol–water partition coefficient (Wildman–Crippen LogP) is 1.85. The van der Waals surface area contributed by atoms with Gasteiger partial charge in [-0.2, -0.15) is 0 Å². The Morgan fingerprint density at radius 2 is 1.87 bits per heavy atom. The van der Waals surface area contributed by atoms with Gasteiger partial charge < -0.3 is 9.53 Å². The van der Waals surface area contributed by atoms with Crippen molar-refractivity contribution in [1.29, 1.82) is 0 Å². The molecule has 0 aromatic carbocycles. The molecule has 0 radical (unpaired) electrons. The van der Waals surface area contributed by atoms with Crippen LogP contribution in [-0.2, 0) is 9.53 Å². The number of morpholine rings is 1. The van der Waals surface area contributed by atoms with E-state index < -0.39 is 0 Å². The van der Waals surface area contributed by atoms with Crippen LogP contribution in [0.25, 0.3) is 0 Å². The van der Waals surface area contributed by atoms with Crippen molar-refractivity contribution in [2.45, 2.75) is 52.2 Å². The van der Waals surface area contributed by atoms with Gasteiger partial charge in [0.15, 0.2) is 0 Å². The van der Waals surface area contributed by atoms with Crippen molar-refractivity contribution >= 4 is 5.78 Å². The fraction of sp³-hybridized carbons (Fsp3) is 0.917. The maximum Gasteiger partial charge on any atom is 0.129 e. The van der Waals surface area contributed by atoms with Crippen LogP contribution >= 0.6 is 0 Å². The minimum absolute atomic E-state index is 0.304. The van der Waals surface area contributed by atoms with Crippen LogP contribution in [0.3, 0.4) is 0 Å². The molecular formula is C12H23NO2. The minimum Gasteiger partial charge on any atom is -0.373 e. The molecule has 0 spiro atoms. The third kappa shape index (κ3) is 5.28. The first kappa shape index (κ1) is 12.7. The van der Waals surface area contributed by atoms with Crippen molar-refractivity contribution in [3.63, 3.8) is 0 Å². The summed E-state index contributed by atoms with van der Waals surface area (Å²) in [7, 11) is 0. The summed E-state index contributed by atoms with van der Waals surface area (Å²) in [6.07, 6.45) is 3.58. The fourth-order valence-electron chi connectivity index (χ4n) is 2.18. The number of Topliss-reactive ketones (excluding diaryl/α,β-unsaturated/α-hetero) is 1. The molecule has 2 atom stereocenters. The van der Waals surface area contributed by atoms with Gasteiger partial charge in [0.25, 0.3) is 0 Å². The summed E-state index contributed by atoms with van der Waals surface area (Å²) >= 11 is 0. The highest BCUT2D eigenvalue weighted by atomic mass is 16.5. The summed E-state index contributed by atoms with van der Waals surface area (Å²) < 4.78 is 5.67. The van der Waals surface area contributed by atoms with Crippen molar-refractivity contribution in [3.05, 3.63) is 0 Å². The van der Waals surface area contributed by atoms with Crippen molar-refractivity contribution in [3.8, 4) is 0 Å². The molecule has 3 nitrogen and oxygen atoms in total. The second-order valence-corrected chi connectivity index (χ2v) is 4.68. The topological polar surface area (TPSA) is 29.5 Å². The quantitative estimate of drug-likeness (QED) is 0.653. The van der Waals surface area contributed by atoms with E-state index in [1.807, 2.05) is 0 Å². The molecule has 2 unspecified atom stereocenters. The lowest BCUT2D eigenvalue weighted by Crippen LogP contribution is -2.45. The van der Waals surface area contributed by atoms with Crippen molar-refractivity contribution in [2.75, 3.05) is 19.6 Å². The van der Waals surface area contributed by atoms with E-state index in [1.165, 1.54) is 0 Å². The molecule has 0 saturated carbocycles. The summed E-state index contributed by atoms with van der Waals surface area (Å²) in [5.41, 5.74) is 0. The average Bonchev–Trinajstić information content (AvgIpc) is 2.10. The fourth-order valence-corrected chi connectivity index (χ4v) is 2.18. The predicted molar refractivity (Wildman–Crippen MR) is 61.0 cm³/mol. The Bertz CT molecular complexity index is 196. The van der Waals surface area contributed by atoms with Gasteiger partial charge in [-0.15, -0.1) is 0 Å². The highest BCUT2D eigenvalue weighted by molar-refractivity contribution is 5.75. The van der Waals surface area contributed by atoms with Crippen LogP contribution in [0.4, 0.5) is 0 Å². The normalized spacial score (nSPS) is 27.9. The number of carbonyl (C=O) groups is 1. The number of hydrogen-bond acceptors (Lipinski definition) is 3. The molecule has 88 valence electrons. The van der Waals surface area contributed by atoms with Crippen molar-refractivity contribution < 1.29 is 9.53 Å². The molecule has 15 heavy (non-hydrogen) atoms. The lowest BCUT2D eigenvalue weighted by Gasteiger charge is -2.35. The van der Waals surface area contributed by atoms with Crippen LogP contribution < -0.4 is 0 Å². The zero-order chi connectivity index (χ0) is 11.3. The smallest absolute Gasteiger partial charge is 0.129 e. The number of ether oxygens (including phenoxy) is 1. The van der Waals surface area contributed by atoms with E-state index in [-0.39, 0.29) is 0 Å². The number of unbranched alkanes of at least 4 members (excludes halogenated alkanes) is 1. The van der Waals surface area contributed by atoms with E-state index >= 15 is 0 Å². The molecule has 1 saturated heterocycles. The number of rotatable bonds is 5. The zero-order valence-electron chi connectivity index (χ0n) is 10.2. The van der Waals surface area contributed by atoms with Crippen molar-refractivity contribution in [1.82, 2.24) is 4.90 Å². The minimum atomic E-state index is 0.304.